The van der Waals surface area contributed by atoms with Crippen LogP contribution in [0.2, 0.25) is 0 Å². The molecule has 0 aliphatic heterocycles. The summed E-state index contributed by atoms with van der Waals surface area (Å²) in [6, 6.07) is 16.8. The SMILES string of the molecule is CCN(C)c1nc(Cc2ccc(NC(=O)OCc3ccccc3)cc2)nc(NC)c1CC(=O)O. The van der Waals surface area contributed by atoms with Gasteiger partial charge in [0.1, 0.15) is 24.1 Å². The number of amides is 1. The van der Waals surface area contributed by atoms with Crippen LogP contribution in [0.15, 0.2) is 54.6 Å². The first-order chi connectivity index (χ1) is 16.4. The molecule has 0 fully saturated rings. The highest BCUT2D eigenvalue weighted by atomic mass is 16.5. The number of anilines is 3. The Bertz CT molecular complexity index is 1120. The van der Waals surface area contributed by atoms with Crippen molar-refractivity contribution in [2.45, 2.75) is 26.4 Å². The van der Waals surface area contributed by atoms with Crippen LogP contribution in [0.1, 0.15) is 29.4 Å². The molecule has 1 aromatic heterocycles. The number of nitrogens with zero attached hydrogens (tertiary/aromatic N) is 3. The van der Waals surface area contributed by atoms with Gasteiger partial charge in [0.2, 0.25) is 0 Å². The first kappa shape index (κ1) is 24.5. The van der Waals surface area contributed by atoms with E-state index in [-0.39, 0.29) is 13.0 Å². The van der Waals surface area contributed by atoms with E-state index in [1.54, 1.807) is 19.2 Å². The average molecular weight is 464 g/mol. The number of carbonyl (C=O) groups is 2. The van der Waals surface area contributed by atoms with Crippen molar-refractivity contribution in [3.63, 3.8) is 0 Å². The zero-order valence-electron chi connectivity index (χ0n) is 19.5. The maximum atomic E-state index is 12.1. The number of aromatic nitrogens is 2. The molecule has 3 N–H and O–H groups in total. The second kappa shape index (κ2) is 11.6. The number of carboxylic acids is 1. The van der Waals surface area contributed by atoms with Gasteiger partial charge in [-0.2, -0.15) is 0 Å². The fourth-order valence-electron chi connectivity index (χ4n) is 3.35. The second-order valence-corrected chi connectivity index (χ2v) is 7.69. The van der Waals surface area contributed by atoms with Crippen LogP contribution in [0, 0.1) is 0 Å². The molecule has 0 saturated carbocycles. The van der Waals surface area contributed by atoms with Crippen LogP contribution in [-0.2, 0) is 29.0 Å². The van der Waals surface area contributed by atoms with Crippen molar-refractivity contribution in [2.75, 3.05) is 36.2 Å². The molecule has 3 rings (SSSR count). The lowest BCUT2D eigenvalue weighted by atomic mass is 10.1. The Labute approximate surface area is 198 Å². The number of nitrogens with one attached hydrogen (secondary N) is 2. The molecular formula is C25H29N5O4. The summed E-state index contributed by atoms with van der Waals surface area (Å²) in [5.74, 6) is 0.724. The molecule has 0 bridgehead atoms. The monoisotopic (exact) mass is 463 g/mol. The molecule has 9 heteroatoms. The highest BCUT2D eigenvalue weighted by Crippen LogP contribution is 2.25. The Kier molecular flexibility index (Phi) is 8.39. The molecule has 0 aliphatic carbocycles. The molecule has 1 heterocycles. The van der Waals surface area contributed by atoms with E-state index in [0.29, 0.717) is 41.7 Å². The van der Waals surface area contributed by atoms with Crippen molar-refractivity contribution in [1.82, 2.24) is 9.97 Å². The van der Waals surface area contributed by atoms with Gasteiger partial charge in [-0.25, -0.2) is 14.8 Å². The van der Waals surface area contributed by atoms with Crippen molar-refractivity contribution < 1.29 is 19.4 Å². The van der Waals surface area contributed by atoms with Crippen LogP contribution in [0.4, 0.5) is 22.1 Å². The zero-order chi connectivity index (χ0) is 24.5. The topological polar surface area (TPSA) is 117 Å². The Morgan fingerprint density at radius 3 is 2.35 bits per heavy atom. The van der Waals surface area contributed by atoms with E-state index in [4.69, 9.17) is 4.74 Å². The van der Waals surface area contributed by atoms with Crippen molar-refractivity contribution >= 4 is 29.4 Å². The third kappa shape index (κ3) is 6.68. The van der Waals surface area contributed by atoms with E-state index in [1.165, 1.54) is 0 Å². The fourth-order valence-corrected chi connectivity index (χ4v) is 3.35. The Morgan fingerprint density at radius 1 is 1.03 bits per heavy atom. The van der Waals surface area contributed by atoms with Crippen LogP contribution >= 0.6 is 0 Å². The van der Waals surface area contributed by atoms with Gasteiger partial charge in [-0.15, -0.1) is 0 Å². The van der Waals surface area contributed by atoms with E-state index in [9.17, 15) is 14.7 Å². The molecule has 2 aromatic carbocycles. The highest BCUT2D eigenvalue weighted by Gasteiger charge is 2.19. The minimum Gasteiger partial charge on any atom is -0.481 e. The smallest absolute Gasteiger partial charge is 0.411 e. The predicted molar refractivity (Wildman–Crippen MR) is 131 cm³/mol. The van der Waals surface area contributed by atoms with Crippen LogP contribution in [0.5, 0.6) is 0 Å². The molecular weight excluding hydrogens is 434 g/mol. The van der Waals surface area contributed by atoms with Gasteiger partial charge in [0.25, 0.3) is 0 Å². The van der Waals surface area contributed by atoms with Gasteiger partial charge >= 0.3 is 12.1 Å². The van der Waals surface area contributed by atoms with E-state index < -0.39 is 12.1 Å². The van der Waals surface area contributed by atoms with Gasteiger partial charge < -0.3 is 20.1 Å². The predicted octanol–water partition coefficient (Wildman–Crippen LogP) is 3.94. The fraction of sp³-hybridized carbons (Fsp3) is 0.280. The highest BCUT2D eigenvalue weighted by molar-refractivity contribution is 5.84. The number of rotatable bonds is 10. The Morgan fingerprint density at radius 2 is 1.74 bits per heavy atom. The molecule has 0 unspecified atom stereocenters. The summed E-state index contributed by atoms with van der Waals surface area (Å²) < 4.78 is 5.24. The summed E-state index contributed by atoms with van der Waals surface area (Å²) in [6.45, 7) is 2.84. The summed E-state index contributed by atoms with van der Waals surface area (Å²) in [6.07, 6.45) is -0.248. The number of carbonyl (C=O) groups excluding carboxylic acids is 1. The molecule has 0 saturated heterocycles. The minimum atomic E-state index is -0.941. The van der Waals surface area contributed by atoms with Crippen molar-refractivity contribution in [2.24, 2.45) is 0 Å². The molecule has 0 spiro atoms. The van der Waals surface area contributed by atoms with Crippen LogP contribution in [0.25, 0.3) is 0 Å². The molecule has 178 valence electrons. The Balaban J connectivity index is 1.69. The molecule has 0 aliphatic rings. The second-order valence-electron chi connectivity index (χ2n) is 7.69. The number of aliphatic carboxylic acids is 1. The third-order valence-corrected chi connectivity index (χ3v) is 5.21. The van der Waals surface area contributed by atoms with Crippen molar-refractivity contribution in [1.29, 1.82) is 0 Å². The number of ether oxygens (including phenoxy) is 1. The standard InChI is InChI=1S/C25H29N5O4/c1-4-30(3)24-20(15-22(31)32)23(26-2)28-21(29-24)14-17-10-12-19(13-11-17)27-25(33)34-16-18-8-6-5-7-9-18/h5-13H,4,14-16H2,1-3H3,(H,27,33)(H,31,32)(H,26,28,29). The quantitative estimate of drug-likeness (QED) is 0.414. The van der Waals surface area contributed by atoms with Gasteiger partial charge in [0, 0.05) is 38.3 Å². The largest absolute Gasteiger partial charge is 0.481 e. The van der Waals surface area contributed by atoms with Crippen LogP contribution < -0.4 is 15.5 Å². The summed E-state index contributed by atoms with van der Waals surface area (Å²) in [5.41, 5.74) is 3.02. The maximum Gasteiger partial charge on any atom is 0.411 e. The van der Waals surface area contributed by atoms with Gasteiger partial charge in [-0.3, -0.25) is 10.1 Å². The summed E-state index contributed by atoms with van der Waals surface area (Å²) >= 11 is 0. The Hall–Kier alpha value is -4.14. The van der Waals surface area contributed by atoms with Gasteiger partial charge in [-0.1, -0.05) is 42.5 Å². The molecule has 0 radical (unpaired) electrons. The van der Waals surface area contributed by atoms with Crippen LogP contribution in [0.3, 0.4) is 0 Å². The summed E-state index contributed by atoms with van der Waals surface area (Å²) in [7, 11) is 3.58. The molecule has 3 aromatic rings. The van der Waals surface area contributed by atoms with Crippen molar-refractivity contribution in [3.05, 3.63) is 77.1 Å². The van der Waals surface area contributed by atoms with Crippen molar-refractivity contribution in [3.8, 4) is 0 Å². The summed E-state index contributed by atoms with van der Waals surface area (Å²) in [4.78, 5) is 34.5. The molecule has 0 atom stereocenters. The molecule has 34 heavy (non-hydrogen) atoms. The number of hydrogen-bond acceptors (Lipinski definition) is 7. The maximum absolute atomic E-state index is 12.1. The van der Waals surface area contributed by atoms with Gasteiger partial charge in [0.15, 0.2) is 0 Å². The molecule has 9 nitrogen and oxygen atoms in total. The molecule has 1 amide bonds. The third-order valence-electron chi connectivity index (χ3n) is 5.21. The lowest BCUT2D eigenvalue weighted by molar-refractivity contribution is -0.136. The summed E-state index contributed by atoms with van der Waals surface area (Å²) in [5, 5.41) is 15.0. The minimum absolute atomic E-state index is 0.170. The number of carboxylic acid groups (broad SMARTS) is 1. The van der Waals surface area contributed by atoms with E-state index >= 15 is 0 Å². The number of hydrogen-bond donors (Lipinski definition) is 3. The van der Waals surface area contributed by atoms with Gasteiger partial charge in [-0.05, 0) is 30.2 Å². The van der Waals surface area contributed by atoms with Gasteiger partial charge in [0.05, 0.1) is 6.42 Å². The normalized spacial score (nSPS) is 10.4. The van der Waals surface area contributed by atoms with E-state index in [2.05, 4.69) is 20.6 Å². The lowest BCUT2D eigenvalue weighted by Gasteiger charge is -2.21. The first-order valence-electron chi connectivity index (χ1n) is 11.0. The lowest BCUT2D eigenvalue weighted by Crippen LogP contribution is -2.22. The number of benzene rings is 2. The van der Waals surface area contributed by atoms with E-state index in [1.807, 2.05) is 61.3 Å². The van der Waals surface area contributed by atoms with Crippen LogP contribution in [-0.4, -0.2) is 47.8 Å². The van der Waals surface area contributed by atoms with E-state index in [0.717, 1.165) is 11.1 Å². The zero-order valence-corrected chi connectivity index (χ0v) is 19.5. The first-order valence-corrected chi connectivity index (χ1v) is 11.0. The average Bonchev–Trinajstić information content (AvgIpc) is 2.84.